The molecule has 15 N–H and O–H groups in total. The lowest BCUT2D eigenvalue weighted by Crippen LogP contribution is -2.59. The van der Waals surface area contributed by atoms with E-state index in [1.54, 1.807) is 162 Å². The van der Waals surface area contributed by atoms with Gasteiger partial charge in [0.15, 0.2) is 17.3 Å². The lowest BCUT2D eigenvalue weighted by atomic mass is 9.90. The Morgan fingerprint density at radius 3 is 1.35 bits per heavy atom. The molecule has 14 atom stereocenters. The van der Waals surface area contributed by atoms with Gasteiger partial charge in [-0.05, 0) is 187 Å². The van der Waals surface area contributed by atoms with E-state index < -0.39 is 278 Å². The fourth-order valence-corrected chi connectivity index (χ4v) is 12.0. The van der Waals surface area contributed by atoms with Gasteiger partial charge < -0.3 is 108 Å². The van der Waals surface area contributed by atoms with Crippen molar-refractivity contribution in [2.75, 3.05) is 39.3 Å². The topological polar surface area (TPSA) is 542 Å². The average Bonchev–Trinajstić information content (AvgIpc) is 0.879. The van der Waals surface area contributed by atoms with Crippen LogP contribution in [0.15, 0.2) is 30.3 Å². The Morgan fingerprint density at radius 2 is 0.893 bits per heavy atom. The number of hydrogen-bond donors (Lipinski definition) is 15. The van der Waals surface area contributed by atoms with Gasteiger partial charge in [0.1, 0.15) is 52.2 Å². The second kappa shape index (κ2) is 51.0. The molecule has 2 rings (SSSR count). The summed E-state index contributed by atoms with van der Waals surface area (Å²) in [6.45, 7) is 32.3. The number of ether oxygens (including phenoxy) is 6. The number of esters is 1. The molecule has 1 heterocycles. The van der Waals surface area contributed by atoms with Gasteiger partial charge in [0.2, 0.25) is 47.3 Å². The van der Waals surface area contributed by atoms with Gasteiger partial charge in [-0.3, -0.25) is 57.5 Å². The molecule has 1 aliphatic heterocycles. The highest BCUT2D eigenvalue weighted by atomic mass is 16.6. The van der Waals surface area contributed by atoms with E-state index in [0.29, 0.717) is 12.0 Å². The van der Waals surface area contributed by atoms with Crippen molar-refractivity contribution in [1.82, 2.24) is 69.1 Å². The average molecular weight is 1730 g/mol. The minimum atomic E-state index is -1.88. The van der Waals surface area contributed by atoms with Gasteiger partial charge in [-0.25, -0.2) is 24.0 Å². The van der Waals surface area contributed by atoms with Crippen LogP contribution >= 0.6 is 0 Å². The predicted molar refractivity (Wildman–Crippen MR) is 447 cm³/mol. The molecule has 0 radical (unpaired) electrons. The van der Waals surface area contributed by atoms with Crippen molar-refractivity contribution in [2.24, 2.45) is 29.6 Å². The summed E-state index contributed by atoms with van der Waals surface area (Å²) in [5, 5.41) is 56.3. The van der Waals surface area contributed by atoms with Crippen LogP contribution < -0.4 is 69.1 Å². The molecule has 1 saturated heterocycles. The van der Waals surface area contributed by atoms with Crippen molar-refractivity contribution < 1.29 is 120 Å². The van der Waals surface area contributed by atoms with E-state index in [0.717, 1.165) is 13.8 Å². The third kappa shape index (κ3) is 45.6. The van der Waals surface area contributed by atoms with E-state index in [-0.39, 0.29) is 57.7 Å². The summed E-state index contributed by atoms with van der Waals surface area (Å²) in [6.07, 6.45) is -14.0. The van der Waals surface area contributed by atoms with Crippen LogP contribution in [-0.4, -0.2) is 239 Å². The summed E-state index contributed by atoms with van der Waals surface area (Å²) in [5.74, 6) is -17.9. The standard InChI is InChI=1S/C84H139N13O25/c1-23-49(5)117-74(111)48(4)42-65(103)91-56(31-37-87-76(113)119-81(11,12)13)64(102)46-55(50(6)98)69(106)92-57(32-38-88-77(114)120-82(14,15)16)62(100)44-53-29-35-85-73(110)66(51(7)99)97-68(105)54(30-36-86-75(112)118-80(8,9)10)45-63(101)58(33-39-89-78(115)121-83(17,18)19)93-71(108)60(41-47(2)3)95-72(109)61(43-52-27-25-24-26-28-52)96-70(107)59(94-67(53)104)34-40-90-79(116)122-84(20,21)22/h24-28,47-51,53-61,66,98-99H,23,29-46H2,1-22H3,(H,85,110)(H,86,112)(H,87,113)(H,88,114)(H,89,115)(H,90,116)(H,91,103)(H,92,106)(H,93,108)(H,94,104)(H,95,109)(H,96,107)(H,97,105)/t48?,49?,50?,51?,53-,54-,55+,56+,57+,58+,59+,60+,61-,66+/m1/s1. The second-order valence-corrected chi connectivity index (χ2v) is 36.2. The zero-order valence-corrected chi connectivity index (χ0v) is 75.3. The number of alkyl carbamates (subject to hydrolysis) is 5. The number of hydrogen-bond acceptors (Lipinski definition) is 25. The maximum absolute atomic E-state index is 15.5. The summed E-state index contributed by atoms with van der Waals surface area (Å²) in [4.78, 5) is 242. The Bertz CT molecular complexity index is 3670. The van der Waals surface area contributed by atoms with Gasteiger partial charge in [0, 0.05) is 83.2 Å². The molecule has 0 saturated carbocycles. The van der Waals surface area contributed by atoms with Crippen molar-refractivity contribution in [3.8, 4) is 0 Å². The van der Waals surface area contributed by atoms with Crippen LogP contribution in [-0.2, 0) is 92.4 Å². The third-order valence-corrected chi connectivity index (χ3v) is 18.2. The molecule has 38 nitrogen and oxygen atoms in total. The first-order valence-electron chi connectivity index (χ1n) is 41.8. The van der Waals surface area contributed by atoms with E-state index >= 15 is 19.2 Å². The van der Waals surface area contributed by atoms with Gasteiger partial charge in [-0.2, -0.15) is 0 Å². The quantitative estimate of drug-likeness (QED) is 0.0326. The first-order valence-corrected chi connectivity index (χ1v) is 41.8. The molecule has 0 bridgehead atoms. The molecule has 38 heteroatoms. The SMILES string of the molecule is CCC(C)OC(=O)C(C)CC(=O)N[C@@H](CCNC(=O)OC(C)(C)C)C(=O)C[C@H](C(=O)N[C@@H](CCNC(=O)OC(C)(C)C)C(=O)C[C@H]1CCNC(=O)[C@H](C(C)O)NC(=O)[C@H](CCNC(=O)OC(C)(C)C)CC(=O)[C@H](CCNC(=O)OC(C)(C)C)NC(=O)[C@H](CC(C)C)NC(=O)[C@@H](Cc2ccccc2)NC(=O)[C@H](CCNC(=O)OC(C)(C)C)NC1=O)C(C)O. The Kier molecular flexibility index (Phi) is 45.0. The summed E-state index contributed by atoms with van der Waals surface area (Å²) < 4.78 is 32.4. The number of aliphatic hydroxyl groups is 2. The largest absolute Gasteiger partial charge is 0.462 e. The van der Waals surface area contributed by atoms with E-state index in [1.165, 1.54) is 6.92 Å². The molecule has 690 valence electrons. The fourth-order valence-electron chi connectivity index (χ4n) is 12.0. The maximum atomic E-state index is 15.5. The Morgan fingerprint density at radius 1 is 0.475 bits per heavy atom. The van der Waals surface area contributed by atoms with Gasteiger partial charge in [-0.1, -0.05) is 58.0 Å². The van der Waals surface area contributed by atoms with E-state index in [9.17, 15) is 72.5 Å². The molecule has 0 aromatic heterocycles. The first-order chi connectivity index (χ1) is 56.3. The van der Waals surface area contributed by atoms with Crippen LogP contribution in [0.3, 0.4) is 0 Å². The number of ketones is 3. The highest BCUT2D eigenvalue weighted by Crippen LogP contribution is 2.22. The smallest absolute Gasteiger partial charge is 0.407 e. The summed E-state index contributed by atoms with van der Waals surface area (Å²) >= 11 is 0. The number of benzene rings is 1. The minimum Gasteiger partial charge on any atom is -0.462 e. The molecule has 0 spiro atoms. The van der Waals surface area contributed by atoms with Gasteiger partial charge in [-0.15, -0.1) is 0 Å². The van der Waals surface area contributed by atoms with E-state index in [4.69, 9.17) is 28.4 Å². The molecular weight excluding hydrogens is 1590 g/mol. The summed E-state index contributed by atoms with van der Waals surface area (Å²) in [5.41, 5.74) is -4.48. The highest BCUT2D eigenvalue weighted by Gasteiger charge is 2.40. The number of aliphatic hydroxyl groups excluding tert-OH is 2. The van der Waals surface area contributed by atoms with Crippen molar-refractivity contribution in [3.05, 3.63) is 35.9 Å². The Hall–Kier alpha value is -10.3. The lowest BCUT2D eigenvalue weighted by molar-refractivity contribution is -0.154. The molecule has 1 fully saturated rings. The van der Waals surface area contributed by atoms with Crippen molar-refractivity contribution in [2.45, 2.75) is 324 Å². The number of amides is 13. The monoisotopic (exact) mass is 1730 g/mol. The van der Waals surface area contributed by atoms with Crippen LogP contribution in [0.2, 0.25) is 0 Å². The fraction of sp³-hybridized carbons (Fsp3) is 0.726. The number of carbonyl (C=O) groups is 17. The zero-order chi connectivity index (χ0) is 93.0. The summed E-state index contributed by atoms with van der Waals surface area (Å²) in [6, 6.07) is -3.33. The van der Waals surface area contributed by atoms with Gasteiger partial charge >= 0.3 is 36.4 Å². The number of carbonyl (C=O) groups excluding carboxylic acids is 17. The van der Waals surface area contributed by atoms with Crippen LogP contribution in [0, 0.1) is 29.6 Å². The second-order valence-electron chi connectivity index (χ2n) is 36.2. The highest BCUT2D eigenvalue weighted by molar-refractivity contribution is 5.99. The summed E-state index contributed by atoms with van der Waals surface area (Å²) in [7, 11) is 0. The molecular formula is C84H139N13O25. The maximum Gasteiger partial charge on any atom is 0.407 e. The van der Waals surface area contributed by atoms with Crippen molar-refractivity contribution in [3.63, 3.8) is 0 Å². The minimum absolute atomic E-state index is 0.105. The van der Waals surface area contributed by atoms with E-state index in [1.807, 2.05) is 0 Å². The van der Waals surface area contributed by atoms with Gasteiger partial charge in [0.05, 0.1) is 48.3 Å². The molecule has 1 aromatic carbocycles. The number of Topliss-reactive ketones (excluding diaryl/α,β-unsaturated/α-hetero) is 3. The van der Waals surface area contributed by atoms with E-state index in [2.05, 4.69) is 69.1 Å². The van der Waals surface area contributed by atoms with Crippen LogP contribution in [0.4, 0.5) is 24.0 Å². The van der Waals surface area contributed by atoms with Crippen LogP contribution in [0.5, 0.6) is 0 Å². The van der Waals surface area contributed by atoms with Crippen LogP contribution in [0.25, 0.3) is 0 Å². The molecule has 122 heavy (non-hydrogen) atoms. The molecule has 4 unspecified atom stereocenters. The van der Waals surface area contributed by atoms with Crippen LogP contribution in [0.1, 0.15) is 235 Å². The number of nitrogens with one attached hydrogen (secondary N) is 13. The zero-order valence-electron chi connectivity index (χ0n) is 75.3. The number of rotatable bonds is 35. The Balaban J connectivity index is 3.13. The molecule has 13 amide bonds. The first kappa shape index (κ1) is 108. The Labute approximate surface area is 716 Å². The van der Waals surface area contributed by atoms with Crippen molar-refractivity contribution >= 4 is 101 Å². The molecule has 1 aromatic rings. The predicted octanol–water partition coefficient (Wildman–Crippen LogP) is 4.62. The normalized spacial score (nSPS) is 20.2. The van der Waals surface area contributed by atoms with Crippen molar-refractivity contribution in [1.29, 1.82) is 0 Å². The van der Waals surface area contributed by atoms with Gasteiger partial charge in [0.25, 0.3) is 0 Å². The lowest BCUT2D eigenvalue weighted by Gasteiger charge is -2.28. The molecule has 0 aliphatic carbocycles. The third-order valence-electron chi connectivity index (χ3n) is 18.2. The molecule has 1 aliphatic rings.